The van der Waals surface area contributed by atoms with Crippen molar-refractivity contribution in [1.82, 2.24) is 0 Å². The minimum absolute atomic E-state index is 0.250. The van der Waals surface area contributed by atoms with Crippen molar-refractivity contribution < 1.29 is 8.42 Å². The molecule has 0 spiro atoms. The summed E-state index contributed by atoms with van der Waals surface area (Å²) in [7, 11) is -2.74. The summed E-state index contributed by atoms with van der Waals surface area (Å²) in [5.74, 6) is 0.872. The molecule has 0 aromatic carbocycles. The van der Waals surface area contributed by atoms with E-state index in [4.69, 9.17) is 5.26 Å². The summed E-state index contributed by atoms with van der Waals surface area (Å²) < 4.78 is 21.8. The molecular weight excluding hydrogens is 162 g/mol. The summed E-state index contributed by atoms with van der Waals surface area (Å²) in [6.07, 6.45) is 1.99. The first-order valence-electron chi connectivity index (χ1n) is 3.71. The lowest BCUT2D eigenvalue weighted by atomic mass is 10.0. The molecule has 0 bridgehead atoms. The van der Waals surface area contributed by atoms with Crippen LogP contribution in [0, 0.1) is 17.2 Å². The first-order valence-corrected chi connectivity index (χ1v) is 5.53. The molecule has 1 heterocycles. The van der Waals surface area contributed by atoms with Crippen molar-refractivity contribution in [3.63, 3.8) is 0 Å². The highest BCUT2D eigenvalue weighted by molar-refractivity contribution is 7.91. The summed E-state index contributed by atoms with van der Waals surface area (Å²) in [4.78, 5) is 0. The highest BCUT2D eigenvalue weighted by atomic mass is 32.2. The molecule has 3 nitrogen and oxygen atoms in total. The fraction of sp³-hybridized carbons (Fsp3) is 0.857. The molecule has 1 rings (SSSR count). The molecule has 4 heteroatoms. The third-order valence-electron chi connectivity index (χ3n) is 1.99. The quantitative estimate of drug-likeness (QED) is 0.618. The SMILES string of the molecule is N#CCC[C@H]1CCS(=O)(=O)C1. The maximum absolute atomic E-state index is 10.9. The Morgan fingerprint density at radius 2 is 2.27 bits per heavy atom. The minimum atomic E-state index is -2.74. The Morgan fingerprint density at radius 1 is 1.55 bits per heavy atom. The van der Waals surface area contributed by atoms with Crippen LogP contribution in [0.5, 0.6) is 0 Å². The molecule has 0 aromatic heterocycles. The number of hydrogen-bond acceptors (Lipinski definition) is 3. The Labute approximate surface area is 66.9 Å². The minimum Gasteiger partial charge on any atom is -0.229 e. The van der Waals surface area contributed by atoms with Crippen LogP contribution in [0.25, 0.3) is 0 Å². The summed E-state index contributed by atoms with van der Waals surface area (Å²) in [6, 6.07) is 2.03. The zero-order valence-electron chi connectivity index (χ0n) is 6.28. The molecule has 0 aromatic rings. The van der Waals surface area contributed by atoms with E-state index in [0.717, 1.165) is 12.8 Å². The molecular formula is C7H11NO2S. The standard InChI is InChI=1S/C7H11NO2S/c8-4-1-2-7-3-5-11(9,10)6-7/h7H,1-3,5-6H2/t7-/m0/s1. The van der Waals surface area contributed by atoms with E-state index in [1.54, 1.807) is 0 Å². The summed E-state index contributed by atoms with van der Waals surface area (Å²) in [5.41, 5.74) is 0. The monoisotopic (exact) mass is 173 g/mol. The van der Waals surface area contributed by atoms with Crippen molar-refractivity contribution in [3.05, 3.63) is 0 Å². The van der Waals surface area contributed by atoms with Gasteiger partial charge in [-0.25, -0.2) is 8.42 Å². The molecule has 0 radical (unpaired) electrons. The summed E-state index contributed by atoms with van der Waals surface area (Å²) in [5, 5.41) is 8.26. The Bertz CT molecular complexity index is 263. The Kier molecular flexibility index (Phi) is 2.50. The van der Waals surface area contributed by atoms with Crippen LogP contribution in [0.4, 0.5) is 0 Å². The molecule has 1 fully saturated rings. The van der Waals surface area contributed by atoms with E-state index in [2.05, 4.69) is 0 Å². The van der Waals surface area contributed by atoms with Gasteiger partial charge in [0.05, 0.1) is 17.6 Å². The van der Waals surface area contributed by atoms with Crippen molar-refractivity contribution in [3.8, 4) is 6.07 Å². The molecule has 62 valence electrons. The fourth-order valence-corrected chi connectivity index (χ4v) is 3.28. The van der Waals surface area contributed by atoms with Crippen molar-refractivity contribution in [2.45, 2.75) is 19.3 Å². The maximum Gasteiger partial charge on any atom is 0.150 e. The van der Waals surface area contributed by atoms with Gasteiger partial charge in [0.25, 0.3) is 0 Å². The van der Waals surface area contributed by atoms with E-state index in [1.165, 1.54) is 0 Å². The van der Waals surface area contributed by atoms with E-state index in [0.29, 0.717) is 17.9 Å². The van der Waals surface area contributed by atoms with Crippen LogP contribution in [0.3, 0.4) is 0 Å². The van der Waals surface area contributed by atoms with Gasteiger partial charge in [-0.15, -0.1) is 0 Å². The number of hydrogen-bond donors (Lipinski definition) is 0. The van der Waals surface area contributed by atoms with Gasteiger partial charge in [0.2, 0.25) is 0 Å². The second kappa shape index (κ2) is 3.22. The smallest absolute Gasteiger partial charge is 0.150 e. The van der Waals surface area contributed by atoms with Crippen LogP contribution >= 0.6 is 0 Å². The maximum atomic E-state index is 10.9. The third kappa shape index (κ3) is 2.51. The van der Waals surface area contributed by atoms with Gasteiger partial charge in [0.15, 0.2) is 9.84 Å². The molecule has 0 aliphatic carbocycles. The number of nitriles is 1. The van der Waals surface area contributed by atoms with Gasteiger partial charge in [-0.3, -0.25) is 0 Å². The van der Waals surface area contributed by atoms with Gasteiger partial charge in [-0.1, -0.05) is 0 Å². The number of nitrogens with zero attached hydrogens (tertiary/aromatic N) is 1. The highest BCUT2D eigenvalue weighted by Gasteiger charge is 2.26. The second-order valence-corrected chi connectivity index (χ2v) is 5.19. The molecule has 1 saturated heterocycles. The van der Waals surface area contributed by atoms with Crippen LogP contribution in [0.15, 0.2) is 0 Å². The molecule has 11 heavy (non-hydrogen) atoms. The van der Waals surface area contributed by atoms with Gasteiger partial charge >= 0.3 is 0 Å². The van der Waals surface area contributed by atoms with Crippen molar-refractivity contribution in [2.24, 2.45) is 5.92 Å². The van der Waals surface area contributed by atoms with Gasteiger partial charge in [-0.2, -0.15) is 5.26 Å². The Hall–Kier alpha value is -0.560. The van der Waals surface area contributed by atoms with Gasteiger partial charge in [0, 0.05) is 6.42 Å². The lowest BCUT2D eigenvalue weighted by Gasteiger charge is -2.00. The predicted octanol–water partition coefficient (Wildman–Crippen LogP) is 0.725. The lowest BCUT2D eigenvalue weighted by Crippen LogP contribution is -2.04. The molecule has 1 aliphatic rings. The van der Waals surface area contributed by atoms with E-state index in [9.17, 15) is 8.42 Å². The average molecular weight is 173 g/mol. The van der Waals surface area contributed by atoms with Crippen molar-refractivity contribution in [2.75, 3.05) is 11.5 Å². The van der Waals surface area contributed by atoms with E-state index >= 15 is 0 Å². The topological polar surface area (TPSA) is 57.9 Å². The van der Waals surface area contributed by atoms with Crippen LogP contribution in [-0.4, -0.2) is 19.9 Å². The normalized spacial score (nSPS) is 28.1. The molecule has 1 aliphatic heterocycles. The second-order valence-electron chi connectivity index (χ2n) is 2.97. The predicted molar refractivity (Wildman–Crippen MR) is 41.6 cm³/mol. The molecule has 0 amide bonds. The lowest BCUT2D eigenvalue weighted by molar-refractivity contribution is 0.550. The van der Waals surface area contributed by atoms with E-state index in [1.807, 2.05) is 6.07 Å². The average Bonchev–Trinajstić information content (AvgIpc) is 2.26. The fourth-order valence-electron chi connectivity index (χ4n) is 1.37. The molecule has 0 N–H and O–H groups in total. The third-order valence-corrected chi connectivity index (χ3v) is 3.83. The van der Waals surface area contributed by atoms with Crippen molar-refractivity contribution >= 4 is 9.84 Å². The molecule has 0 unspecified atom stereocenters. The highest BCUT2D eigenvalue weighted by Crippen LogP contribution is 2.22. The zero-order chi connectivity index (χ0) is 8.32. The zero-order valence-corrected chi connectivity index (χ0v) is 7.10. The van der Waals surface area contributed by atoms with Crippen LogP contribution in [-0.2, 0) is 9.84 Å². The Morgan fingerprint density at radius 3 is 2.73 bits per heavy atom. The first kappa shape index (κ1) is 8.54. The first-order chi connectivity index (χ1) is 5.14. The largest absolute Gasteiger partial charge is 0.229 e. The summed E-state index contributed by atoms with van der Waals surface area (Å²) >= 11 is 0. The number of rotatable bonds is 2. The number of sulfone groups is 1. The van der Waals surface area contributed by atoms with Crippen molar-refractivity contribution in [1.29, 1.82) is 5.26 Å². The Balaban J connectivity index is 2.38. The van der Waals surface area contributed by atoms with Crippen LogP contribution in [0.2, 0.25) is 0 Å². The van der Waals surface area contributed by atoms with E-state index in [-0.39, 0.29) is 5.92 Å². The van der Waals surface area contributed by atoms with Gasteiger partial charge < -0.3 is 0 Å². The molecule has 1 atom stereocenters. The van der Waals surface area contributed by atoms with E-state index < -0.39 is 9.84 Å². The summed E-state index contributed by atoms with van der Waals surface area (Å²) in [6.45, 7) is 0. The van der Waals surface area contributed by atoms with Gasteiger partial charge in [0.1, 0.15) is 0 Å². The van der Waals surface area contributed by atoms with Gasteiger partial charge in [-0.05, 0) is 18.8 Å². The van der Waals surface area contributed by atoms with Crippen LogP contribution in [0.1, 0.15) is 19.3 Å². The van der Waals surface area contributed by atoms with Crippen LogP contribution < -0.4 is 0 Å². The molecule has 0 saturated carbocycles.